The number of likely N-dealkylation sites (tertiary alicyclic amines) is 1. The topological polar surface area (TPSA) is 103 Å². The Balaban J connectivity index is 1.57. The van der Waals surface area contributed by atoms with Gasteiger partial charge < -0.3 is 19.7 Å². The van der Waals surface area contributed by atoms with Crippen molar-refractivity contribution in [3.8, 4) is 0 Å². The van der Waals surface area contributed by atoms with Gasteiger partial charge in [0.05, 0.1) is 29.5 Å². The minimum atomic E-state index is -0.252. The predicted molar refractivity (Wildman–Crippen MR) is 109 cm³/mol. The molecular weight excluding hydrogens is 388 g/mol. The molecule has 0 atom stereocenters. The Hall–Kier alpha value is -2.42. The molecule has 0 radical (unpaired) electrons. The Morgan fingerprint density at radius 1 is 1.27 bits per heavy atom. The molecule has 1 saturated heterocycles. The first kappa shape index (κ1) is 22.3. The summed E-state index contributed by atoms with van der Waals surface area (Å²) in [7, 11) is 0. The number of carbonyl (C=O) groups excluding carboxylic acids is 3. The Morgan fingerprint density at radius 3 is 2.77 bits per heavy atom. The van der Waals surface area contributed by atoms with Crippen LogP contribution in [0.5, 0.6) is 0 Å². The lowest BCUT2D eigenvalue weighted by Crippen LogP contribution is -2.52. The summed E-state index contributed by atoms with van der Waals surface area (Å²) < 4.78 is 12.9. The molecule has 9 nitrogen and oxygen atoms in total. The molecule has 30 heavy (non-hydrogen) atoms. The van der Waals surface area contributed by atoms with Crippen molar-refractivity contribution in [2.45, 2.75) is 52.5 Å². The lowest BCUT2D eigenvalue weighted by Gasteiger charge is -2.36. The highest BCUT2D eigenvalue weighted by Gasteiger charge is 2.35. The fourth-order valence-corrected chi connectivity index (χ4v) is 3.80. The van der Waals surface area contributed by atoms with Crippen LogP contribution in [0.3, 0.4) is 0 Å². The van der Waals surface area contributed by atoms with E-state index in [1.165, 1.54) is 6.92 Å². The zero-order valence-corrected chi connectivity index (χ0v) is 17.9. The summed E-state index contributed by atoms with van der Waals surface area (Å²) in [6, 6.07) is 0. The molecule has 1 fully saturated rings. The Labute approximate surface area is 177 Å². The van der Waals surface area contributed by atoms with Crippen LogP contribution < -0.4 is 5.32 Å². The maximum absolute atomic E-state index is 12.7. The summed E-state index contributed by atoms with van der Waals surface area (Å²) in [5.41, 5.74) is 2.42. The van der Waals surface area contributed by atoms with Crippen molar-refractivity contribution in [1.29, 1.82) is 0 Å². The average molecular weight is 421 g/mol. The Bertz CT molecular complexity index is 770. The highest BCUT2D eigenvalue weighted by molar-refractivity contribution is 5.96. The zero-order chi connectivity index (χ0) is 21.5. The molecule has 1 aromatic rings. The minimum absolute atomic E-state index is 0.0161. The van der Waals surface area contributed by atoms with Crippen LogP contribution >= 0.6 is 0 Å². The second kappa shape index (κ2) is 10.6. The van der Waals surface area contributed by atoms with Crippen LogP contribution in [-0.2, 0) is 38.4 Å². The molecule has 0 aromatic carbocycles. The number of nitrogens with one attached hydrogen (secondary N) is 1. The molecule has 3 rings (SSSR count). The van der Waals surface area contributed by atoms with Gasteiger partial charge in [-0.15, -0.1) is 0 Å². The van der Waals surface area contributed by atoms with Crippen molar-refractivity contribution in [1.82, 2.24) is 20.0 Å². The molecule has 0 unspecified atom stereocenters. The summed E-state index contributed by atoms with van der Waals surface area (Å²) in [5, 5.41) is 7.64. The van der Waals surface area contributed by atoms with Crippen LogP contribution in [0.4, 0.5) is 0 Å². The molecule has 1 aromatic heterocycles. The smallest absolute Gasteiger partial charge is 0.312 e. The van der Waals surface area contributed by atoms with Crippen LogP contribution in [0.15, 0.2) is 0 Å². The lowest BCUT2D eigenvalue weighted by atomic mass is 10.0. The first-order chi connectivity index (χ1) is 14.5. The van der Waals surface area contributed by atoms with Gasteiger partial charge in [0.2, 0.25) is 5.91 Å². The van der Waals surface area contributed by atoms with Crippen LogP contribution in [0.2, 0.25) is 0 Å². The molecule has 0 spiro atoms. The fraction of sp³-hybridized carbons (Fsp3) is 0.714. The van der Waals surface area contributed by atoms with Gasteiger partial charge in [-0.25, -0.2) is 0 Å². The quantitative estimate of drug-likeness (QED) is 0.543. The molecule has 2 aliphatic heterocycles. The monoisotopic (exact) mass is 420 g/mol. The summed E-state index contributed by atoms with van der Waals surface area (Å²) in [6.07, 6.45) is 3.65. The van der Waals surface area contributed by atoms with Gasteiger partial charge in [-0.2, -0.15) is 5.10 Å². The van der Waals surface area contributed by atoms with Crippen molar-refractivity contribution >= 4 is 17.8 Å². The first-order valence-corrected chi connectivity index (χ1v) is 10.9. The van der Waals surface area contributed by atoms with E-state index < -0.39 is 0 Å². The number of fused-ring (bicyclic) bond motifs is 1. The number of nitrogens with zero attached hydrogens (tertiary/aromatic N) is 3. The molecule has 166 valence electrons. The number of aryl methyl sites for hydroxylation is 2. The highest BCUT2D eigenvalue weighted by Crippen LogP contribution is 2.20. The number of hydrogen-bond donors (Lipinski definition) is 1. The molecule has 0 aliphatic carbocycles. The fourth-order valence-electron chi connectivity index (χ4n) is 3.80. The van der Waals surface area contributed by atoms with Gasteiger partial charge in [-0.05, 0) is 25.7 Å². The molecular formula is C21H32N4O5. The summed E-state index contributed by atoms with van der Waals surface area (Å²) in [4.78, 5) is 37.6. The number of carbonyl (C=O) groups is 3. The zero-order valence-electron chi connectivity index (χ0n) is 17.9. The van der Waals surface area contributed by atoms with E-state index in [0.717, 1.165) is 30.7 Å². The van der Waals surface area contributed by atoms with Gasteiger partial charge in [-0.3, -0.25) is 19.1 Å². The summed E-state index contributed by atoms with van der Waals surface area (Å²) >= 11 is 0. The molecule has 2 amide bonds. The van der Waals surface area contributed by atoms with Crippen LogP contribution in [-0.4, -0.2) is 71.9 Å². The third kappa shape index (κ3) is 5.38. The largest absolute Gasteiger partial charge is 0.465 e. The molecule has 2 aliphatic rings. The average Bonchev–Trinajstić information content (AvgIpc) is 3.01. The lowest BCUT2D eigenvalue weighted by molar-refractivity contribution is -0.157. The van der Waals surface area contributed by atoms with Crippen molar-refractivity contribution in [2.24, 2.45) is 5.92 Å². The Morgan fingerprint density at radius 2 is 2.03 bits per heavy atom. The van der Waals surface area contributed by atoms with Crippen LogP contribution in [0, 0.1) is 5.92 Å². The Kier molecular flexibility index (Phi) is 7.84. The van der Waals surface area contributed by atoms with Gasteiger partial charge in [0.1, 0.15) is 0 Å². The molecule has 0 saturated carbocycles. The van der Waals surface area contributed by atoms with E-state index in [1.807, 2.05) is 11.6 Å². The van der Waals surface area contributed by atoms with Gasteiger partial charge in [0.15, 0.2) is 0 Å². The molecule has 3 heterocycles. The van der Waals surface area contributed by atoms with E-state index in [2.05, 4.69) is 10.4 Å². The number of hydrogen-bond acceptors (Lipinski definition) is 6. The first-order valence-electron chi connectivity index (χ1n) is 10.9. The molecule has 9 heteroatoms. The normalized spacial score (nSPS) is 18.1. The molecule has 1 N–H and O–H groups in total. The van der Waals surface area contributed by atoms with Gasteiger partial charge >= 0.3 is 5.97 Å². The van der Waals surface area contributed by atoms with E-state index >= 15 is 0 Å². The summed E-state index contributed by atoms with van der Waals surface area (Å²) in [5.74, 6) is -0.553. The number of rotatable bonds is 6. The SMILES string of the molecule is CCc1nn(CCCOC(=O)C2CN(C(C)=O)C2)c2c1C(=O)NCCCOCCC2. The van der Waals surface area contributed by atoms with Gasteiger partial charge in [-0.1, -0.05) is 6.92 Å². The van der Waals surface area contributed by atoms with Crippen molar-refractivity contribution in [2.75, 3.05) is 39.5 Å². The van der Waals surface area contributed by atoms with Gasteiger partial charge in [0, 0.05) is 52.7 Å². The van der Waals surface area contributed by atoms with E-state index in [0.29, 0.717) is 64.4 Å². The van der Waals surface area contributed by atoms with Crippen molar-refractivity contribution in [3.05, 3.63) is 17.0 Å². The van der Waals surface area contributed by atoms with E-state index in [-0.39, 0.29) is 23.7 Å². The number of ether oxygens (including phenoxy) is 2. The van der Waals surface area contributed by atoms with Crippen LogP contribution in [0.25, 0.3) is 0 Å². The summed E-state index contributed by atoms with van der Waals surface area (Å²) in [6.45, 7) is 7.16. The maximum atomic E-state index is 12.7. The molecule has 0 bridgehead atoms. The van der Waals surface area contributed by atoms with Crippen molar-refractivity contribution < 1.29 is 23.9 Å². The highest BCUT2D eigenvalue weighted by atomic mass is 16.5. The number of amides is 2. The van der Waals surface area contributed by atoms with E-state index in [1.54, 1.807) is 4.90 Å². The maximum Gasteiger partial charge on any atom is 0.312 e. The van der Waals surface area contributed by atoms with E-state index in [4.69, 9.17) is 9.47 Å². The van der Waals surface area contributed by atoms with Gasteiger partial charge in [0.25, 0.3) is 5.91 Å². The van der Waals surface area contributed by atoms with E-state index in [9.17, 15) is 14.4 Å². The third-order valence-corrected chi connectivity index (χ3v) is 5.56. The van der Waals surface area contributed by atoms with Crippen molar-refractivity contribution in [3.63, 3.8) is 0 Å². The second-order valence-corrected chi connectivity index (χ2v) is 7.81. The minimum Gasteiger partial charge on any atom is -0.465 e. The number of esters is 1. The standard InChI is InChI=1S/C21H32N4O5/c1-3-17-19-18(7-4-10-29-11-5-8-22-20(19)27)25(23-17)9-6-12-30-21(28)16-13-24(14-16)15(2)26/h16H,3-14H2,1-2H3,(H,22,27). The third-order valence-electron chi connectivity index (χ3n) is 5.56. The predicted octanol–water partition coefficient (Wildman–Crippen LogP) is 0.940. The number of aromatic nitrogens is 2. The second-order valence-electron chi connectivity index (χ2n) is 7.81. The van der Waals surface area contributed by atoms with Crippen LogP contribution in [0.1, 0.15) is 54.9 Å².